The lowest BCUT2D eigenvalue weighted by Crippen LogP contribution is -2.22. The minimum Gasteiger partial charge on any atom is -0.361 e. The molecule has 2 rings (SSSR count). The number of hydrogen-bond donors (Lipinski definition) is 2. The Labute approximate surface area is 112 Å². The van der Waals surface area contributed by atoms with Gasteiger partial charge >= 0.3 is 0 Å². The second kappa shape index (κ2) is 5.69. The Hall–Kier alpha value is -2.10. The van der Waals surface area contributed by atoms with E-state index in [0.717, 1.165) is 17.5 Å². The lowest BCUT2D eigenvalue weighted by atomic mass is 10.0. The van der Waals surface area contributed by atoms with Crippen molar-refractivity contribution in [3.63, 3.8) is 0 Å². The topological polar surface area (TPSA) is 57.2 Å². The fourth-order valence-corrected chi connectivity index (χ4v) is 2.30. The maximum Gasteiger partial charge on any atom is 0.216 e. The predicted molar refractivity (Wildman–Crippen MR) is 78.9 cm³/mol. The molecule has 0 radical (unpaired) electrons. The van der Waals surface area contributed by atoms with E-state index in [2.05, 4.69) is 34.3 Å². The summed E-state index contributed by atoms with van der Waals surface area (Å²) in [7, 11) is 1.77. The average Bonchev–Trinajstić information content (AvgIpc) is 2.73. The summed E-state index contributed by atoms with van der Waals surface area (Å²) in [5.41, 5.74) is 4.69. The number of amides is 1. The van der Waals surface area contributed by atoms with Gasteiger partial charge in [-0.25, -0.2) is 0 Å². The molecule has 0 aliphatic rings. The third kappa shape index (κ3) is 3.02. The van der Waals surface area contributed by atoms with Crippen LogP contribution in [-0.2, 0) is 11.2 Å². The third-order valence-corrected chi connectivity index (χ3v) is 3.14. The highest BCUT2D eigenvalue weighted by molar-refractivity contribution is 5.93. The van der Waals surface area contributed by atoms with Gasteiger partial charge in [0, 0.05) is 43.8 Å². The van der Waals surface area contributed by atoms with Crippen LogP contribution in [0.5, 0.6) is 0 Å². The Morgan fingerprint density at radius 3 is 2.95 bits per heavy atom. The van der Waals surface area contributed by atoms with Crippen LogP contribution in [0.15, 0.2) is 23.3 Å². The molecule has 1 aromatic heterocycles. The highest BCUT2D eigenvalue weighted by Gasteiger charge is 2.07. The van der Waals surface area contributed by atoms with Crippen molar-refractivity contribution in [1.29, 1.82) is 0 Å². The van der Waals surface area contributed by atoms with Crippen molar-refractivity contribution in [2.24, 2.45) is 4.99 Å². The number of aryl methyl sites for hydroxylation is 1. The number of H-pyrrole nitrogens is 1. The third-order valence-electron chi connectivity index (χ3n) is 3.14. The van der Waals surface area contributed by atoms with E-state index in [0.29, 0.717) is 6.54 Å². The molecule has 4 heteroatoms. The predicted octanol–water partition coefficient (Wildman–Crippen LogP) is 2.20. The molecule has 4 nitrogen and oxygen atoms in total. The van der Waals surface area contributed by atoms with Crippen molar-refractivity contribution in [3.05, 3.63) is 35.0 Å². The van der Waals surface area contributed by atoms with E-state index >= 15 is 0 Å². The molecule has 0 saturated carbocycles. The molecule has 1 heterocycles. The van der Waals surface area contributed by atoms with E-state index < -0.39 is 0 Å². The number of aromatic amines is 1. The van der Waals surface area contributed by atoms with Crippen LogP contribution >= 0.6 is 0 Å². The van der Waals surface area contributed by atoms with Crippen LogP contribution in [0.4, 0.5) is 0 Å². The van der Waals surface area contributed by atoms with E-state index in [1.165, 1.54) is 23.4 Å². The molecule has 1 aromatic carbocycles. The quantitative estimate of drug-likeness (QED) is 0.811. The monoisotopic (exact) mass is 257 g/mol. The molecule has 100 valence electrons. The van der Waals surface area contributed by atoms with Crippen molar-refractivity contribution >= 4 is 23.0 Å². The molecule has 0 spiro atoms. The normalized spacial score (nSPS) is 11.3. The van der Waals surface area contributed by atoms with Crippen molar-refractivity contribution in [2.45, 2.75) is 20.3 Å². The number of rotatable bonds is 4. The van der Waals surface area contributed by atoms with Crippen molar-refractivity contribution in [1.82, 2.24) is 10.3 Å². The average molecular weight is 257 g/mol. The number of nitrogens with zero attached hydrogens (tertiary/aromatic N) is 1. The van der Waals surface area contributed by atoms with E-state index in [-0.39, 0.29) is 5.91 Å². The van der Waals surface area contributed by atoms with E-state index in [9.17, 15) is 4.79 Å². The first-order valence-corrected chi connectivity index (χ1v) is 6.39. The molecule has 2 N–H and O–H groups in total. The summed E-state index contributed by atoms with van der Waals surface area (Å²) in [4.78, 5) is 18.3. The Balaban J connectivity index is 2.32. The molecular formula is C15H19N3O. The number of fused-ring (bicyclic) bond motifs is 1. The Kier molecular flexibility index (Phi) is 4.00. The SMILES string of the molecule is CN=Cc1cc(C)c2[nH]cc(CCNC(C)=O)c2c1. The maximum atomic E-state index is 10.9. The zero-order valence-electron chi connectivity index (χ0n) is 11.6. The fraction of sp³-hybridized carbons (Fsp3) is 0.333. The molecular weight excluding hydrogens is 238 g/mol. The first-order chi connectivity index (χ1) is 9.11. The molecule has 19 heavy (non-hydrogen) atoms. The Morgan fingerprint density at radius 2 is 2.26 bits per heavy atom. The molecule has 0 atom stereocenters. The molecule has 0 bridgehead atoms. The van der Waals surface area contributed by atoms with Gasteiger partial charge in [0.05, 0.1) is 0 Å². The van der Waals surface area contributed by atoms with Gasteiger partial charge < -0.3 is 10.3 Å². The van der Waals surface area contributed by atoms with Crippen LogP contribution in [0.1, 0.15) is 23.6 Å². The van der Waals surface area contributed by atoms with E-state index in [1.54, 1.807) is 7.05 Å². The first-order valence-electron chi connectivity index (χ1n) is 6.39. The number of aromatic nitrogens is 1. The summed E-state index contributed by atoms with van der Waals surface area (Å²) in [6.07, 6.45) is 4.70. The van der Waals surface area contributed by atoms with Gasteiger partial charge in [-0.1, -0.05) is 0 Å². The molecule has 1 amide bonds. The number of aliphatic imine (C=N–C) groups is 1. The lowest BCUT2D eigenvalue weighted by molar-refractivity contribution is -0.118. The van der Waals surface area contributed by atoms with Crippen LogP contribution in [-0.4, -0.2) is 30.7 Å². The standard InChI is InChI=1S/C15H19N3O/c1-10-6-12(8-16-3)7-14-13(9-18-15(10)14)4-5-17-11(2)19/h6-9,18H,4-5H2,1-3H3,(H,17,19). The number of hydrogen-bond acceptors (Lipinski definition) is 2. The van der Waals surface area contributed by atoms with Gasteiger partial charge in [-0.05, 0) is 42.2 Å². The fourth-order valence-electron chi connectivity index (χ4n) is 2.30. The molecule has 0 aliphatic carbocycles. The summed E-state index contributed by atoms with van der Waals surface area (Å²) in [6, 6.07) is 4.25. The van der Waals surface area contributed by atoms with Gasteiger partial charge in [0.25, 0.3) is 0 Å². The van der Waals surface area contributed by atoms with Crippen LogP contribution in [0, 0.1) is 6.92 Å². The number of carbonyl (C=O) groups is 1. The maximum absolute atomic E-state index is 10.9. The van der Waals surface area contributed by atoms with Gasteiger partial charge in [0.1, 0.15) is 0 Å². The summed E-state index contributed by atoms with van der Waals surface area (Å²) in [6.45, 7) is 4.28. The number of nitrogens with one attached hydrogen (secondary N) is 2. The molecule has 2 aromatic rings. The summed E-state index contributed by atoms with van der Waals surface area (Å²) in [5.74, 6) is 0.00910. The van der Waals surface area contributed by atoms with Crippen LogP contribution in [0.25, 0.3) is 10.9 Å². The highest BCUT2D eigenvalue weighted by atomic mass is 16.1. The van der Waals surface area contributed by atoms with Crippen molar-refractivity contribution in [2.75, 3.05) is 13.6 Å². The zero-order valence-corrected chi connectivity index (χ0v) is 11.6. The smallest absolute Gasteiger partial charge is 0.216 e. The second-order valence-electron chi connectivity index (χ2n) is 4.69. The Bertz CT molecular complexity index is 626. The molecule has 0 saturated heterocycles. The van der Waals surface area contributed by atoms with Crippen LogP contribution in [0.2, 0.25) is 0 Å². The van der Waals surface area contributed by atoms with E-state index in [1.807, 2.05) is 12.4 Å². The minimum absolute atomic E-state index is 0.00910. The zero-order chi connectivity index (χ0) is 13.8. The van der Waals surface area contributed by atoms with Crippen LogP contribution in [0.3, 0.4) is 0 Å². The number of benzene rings is 1. The lowest BCUT2D eigenvalue weighted by Gasteiger charge is -2.03. The summed E-state index contributed by atoms with van der Waals surface area (Å²) >= 11 is 0. The van der Waals surface area contributed by atoms with Gasteiger partial charge in [0.15, 0.2) is 0 Å². The highest BCUT2D eigenvalue weighted by Crippen LogP contribution is 2.23. The van der Waals surface area contributed by atoms with Gasteiger partial charge in [-0.3, -0.25) is 9.79 Å². The summed E-state index contributed by atoms with van der Waals surface area (Å²) < 4.78 is 0. The van der Waals surface area contributed by atoms with Gasteiger partial charge in [-0.2, -0.15) is 0 Å². The molecule has 0 aliphatic heterocycles. The second-order valence-corrected chi connectivity index (χ2v) is 4.69. The first kappa shape index (κ1) is 13.3. The van der Waals surface area contributed by atoms with Crippen molar-refractivity contribution in [3.8, 4) is 0 Å². The van der Waals surface area contributed by atoms with Crippen LogP contribution < -0.4 is 5.32 Å². The minimum atomic E-state index is 0.00910. The van der Waals surface area contributed by atoms with Gasteiger partial charge in [-0.15, -0.1) is 0 Å². The Morgan fingerprint density at radius 1 is 1.47 bits per heavy atom. The molecule has 0 fully saturated rings. The van der Waals surface area contributed by atoms with E-state index in [4.69, 9.17) is 0 Å². The largest absolute Gasteiger partial charge is 0.361 e. The molecule has 0 unspecified atom stereocenters. The van der Waals surface area contributed by atoms with Crippen molar-refractivity contribution < 1.29 is 4.79 Å². The van der Waals surface area contributed by atoms with Gasteiger partial charge in [0.2, 0.25) is 5.91 Å². The summed E-state index contributed by atoms with van der Waals surface area (Å²) in [5, 5.41) is 4.03. The number of carbonyl (C=O) groups excluding carboxylic acids is 1.